The lowest BCUT2D eigenvalue weighted by Crippen LogP contribution is -2.30. The van der Waals surface area contributed by atoms with Gasteiger partial charge in [0.1, 0.15) is 0 Å². The molecule has 0 fully saturated rings. The van der Waals surface area contributed by atoms with Gasteiger partial charge in [-0.15, -0.1) is 0 Å². The van der Waals surface area contributed by atoms with Crippen LogP contribution in [0, 0.1) is 0 Å². The van der Waals surface area contributed by atoms with E-state index < -0.39 is 0 Å². The number of hydrogen-bond donors (Lipinski definition) is 1. The monoisotopic (exact) mass is 890 g/mol. The number of rotatable bonds is 10. The maximum atomic E-state index is 6.71. The number of para-hydroxylation sites is 1. The van der Waals surface area contributed by atoms with Crippen LogP contribution in [-0.4, -0.2) is 15.0 Å². The van der Waals surface area contributed by atoms with E-state index >= 15 is 0 Å². The van der Waals surface area contributed by atoms with Crippen LogP contribution in [0.4, 0.5) is 5.69 Å². The zero-order chi connectivity index (χ0) is 47.1. The Kier molecular flexibility index (Phi) is 11.2. The summed E-state index contributed by atoms with van der Waals surface area (Å²) >= 11 is 0. The largest absolute Gasteiger partial charge is 0.398 e. The minimum atomic E-state index is -0.379. The van der Waals surface area contributed by atoms with Gasteiger partial charge >= 0.3 is 0 Å². The molecule has 1 heterocycles. The molecule has 0 saturated heterocycles. The summed E-state index contributed by atoms with van der Waals surface area (Å²) in [6.07, 6.45) is 0.634. The van der Waals surface area contributed by atoms with Crippen LogP contribution >= 0.6 is 0 Å². The van der Waals surface area contributed by atoms with Crippen molar-refractivity contribution < 1.29 is 0 Å². The normalized spacial score (nSPS) is 13.1. The quantitative estimate of drug-likeness (QED) is 0.139. The maximum Gasteiger partial charge on any atom is 0.164 e. The summed E-state index contributed by atoms with van der Waals surface area (Å²) in [7, 11) is 0. The van der Waals surface area contributed by atoms with Crippen LogP contribution in [0.25, 0.3) is 56.4 Å². The highest BCUT2D eigenvalue weighted by Gasteiger charge is 2.40. The fourth-order valence-corrected chi connectivity index (χ4v) is 11.1. The summed E-state index contributed by atoms with van der Waals surface area (Å²) in [5, 5.41) is 0. The van der Waals surface area contributed by atoms with Crippen molar-refractivity contribution in [1.29, 1.82) is 0 Å². The topological polar surface area (TPSA) is 64.7 Å². The van der Waals surface area contributed by atoms with Crippen LogP contribution in [-0.2, 0) is 17.3 Å². The molecule has 4 nitrogen and oxygen atoms in total. The molecule has 11 rings (SSSR count). The molecule has 9 aromatic carbocycles. The summed E-state index contributed by atoms with van der Waals surface area (Å²) in [5.74, 6) is 1.77. The van der Waals surface area contributed by atoms with E-state index in [1.807, 2.05) is 18.2 Å². The van der Waals surface area contributed by atoms with Crippen molar-refractivity contribution in [3.05, 3.63) is 275 Å². The van der Waals surface area contributed by atoms with Crippen molar-refractivity contribution >= 4 is 5.69 Å². The van der Waals surface area contributed by atoms with E-state index in [0.717, 1.165) is 55.8 Å². The molecule has 0 aliphatic heterocycles. The van der Waals surface area contributed by atoms with Gasteiger partial charge in [0.15, 0.2) is 17.5 Å². The molecule has 0 bridgehead atoms. The van der Waals surface area contributed by atoms with Crippen molar-refractivity contribution in [1.82, 2.24) is 15.0 Å². The lowest BCUT2D eigenvalue weighted by atomic mass is 9.63. The summed E-state index contributed by atoms with van der Waals surface area (Å²) in [5.41, 5.74) is 25.4. The smallest absolute Gasteiger partial charge is 0.164 e. The second kappa shape index (κ2) is 17.8. The molecule has 1 aromatic heterocycles. The van der Waals surface area contributed by atoms with Crippen molar-refractivity contribution in [2.24, 2.45) is 0 Å². The Morgan fingerprint density at radius 3 is 1.49 bits per heavy atom. The Labute approximate surface area is 406 Å². The summed E-state index contributed by atoms with van der Waals surface area (Å²) < 4.78 is 0. The third-order valence-corrected chi connectivity index (χ3v) is 14.5. The third-order valence-electron chi connectivity index (χ3n) is 14.5. The number of nitrogens with zero attached hydrogens (tertiary/aromatic N) is 3. The van der Waals surface area contributed by atoms with Crippen LogP contribution in [0.1, 0.15) is 83.7 Å². The Balaban J connectivity index is 1.18. The molecule has 2 N–H and O–H groups in total. The van der Waals surface area contributed by atoms with Crippen molar-refractivity contribution in [2.45, 2.75) is 50.9 Å². The summed E-state index contributed by atoms with van der Waals surface area (Å²) in [6.45, 7) is 9.26. The highest BCUT2D eigenvalue weighted by molar-refractivity contribution is 5.83. The van der Waals surface area contributed by atoms with Crippen molar-refractivity contribution in [3.8, 4) is 56.4 Å². The van der Waals surface area contributed by atoms with Gasteiger partial charge in [0.05, 0.1) is 0 Å². The van der Waals surface area contributed by atoms with Crippen LogP contribution in [0.15, 0.2) is 224 Å². The van der Waals surface area contributed by atoms with E-state index in [0.29, 0.717) is 23.9 Å². The number of anilines is 1. The number of nitrogens with two attached hydrogens (primary N) is 1. The minimum absolute atomic E-state index is 0.104. The van der Waals surface area contributed by atoms with E-state index in [-0.39, 0.29) is 16.7 Å². The molecule has 1 aliphatic rings. The molecule has 10 aromatic rings. The van der Waals surface area contributed by atoms with Gasteiger partial charge in [-0.05, 0) is 84.8 Å². The first-order valence-corrected chi connectivity index (χ1v) is 24.0. The zero-order valence-corrected chi connectivity index (χ0v) is 39.6. The number of nitrogen functional groups attached to an aromatic ring is 1. The van der Waals surface area contributed by atoms with Gasteiger partial charge < -0.3 is 5.73 Å². The van der Waals surface area contributed by atoms with Gasteiger partial charge in [-0.2, -0.15) is 0 Å². The number of hydrogen-bond acceptors (Lipinski definition) is 4. The van der Waals surface area contributed by atoms with Gasteiger partial charge in [-0.1, -0.05) is 246 Å². The van der Waals surface area contributed by atoms with E-state index in [2.05, 4.69) is 234 Å². The zero-order valence-electron chi connectivity index (χ0n) is 39.6. The Bertz CT molecular complexity index is 3430. The predicted molar refractivity (Wildman–Crippen MR) is 285 cm³/mol. The van der Waals surface area contributed by atoms with Gasteiger partial charge in [0, 0.05) is 39.1 Å². The average Bonchev–Trinajstić information content (AvgIpc) is 3.39. The van der Waals surface area contributed by atoms with E-state index in [9.17, 15) is 0 Å². The number of aromatic nitrogens is 3. The first-order valence-electron chi connectivity index (χ1n) is 24.0. The van der Waals surface area contributed by atoms with Gasteiger partial charge in [-0.25, -0.2) is 15.0 Å². The molecular weight excluding hydrogens is 837 g/mol. The summed E-state index contributed by atoms with van der Waals surface area (Å²) in [4.78, 5) is 16.6. The Morgan fingerprint density at radius 2 is 0.870 bits per heavy atom. The molecule has 0 amide bonds. The molecule has 0 unspecified atom stereocenters. The molecule has 0 spiro atoms. The molecule has 69 heavy (non-hydrogen) atoms. The molecular formula is C65H54N4. The van der Waals surface area contributed by atoms with E-state index in [4.69, 9.17) is 20.7 Å². The molecule has 4 heteroatoms. The highest BCUT2D eigenvalue weighted by Crippen LogP contribution is 2.53. The lowest BCUT2D eigenvalue weighted by molar-refractivity contribution is 0.598. The third kappa shape index (κ3) is 7.82. The number of fused-ring (bicyclic) bond motifs is 2. The van der Waals surface area contributed by atoms with Crippen LogP contribution in [0.2, 0.25) is 0 Å². The van der Waals surface area contributed by atoms with Crippen LogP contribution in [0.5, 0.6) is 0 Å². The first kappa shape index (κ1) is 43.4. The maximum absolute atomic E-state index is 6.71. The predicted octanol–water partition coefficient (Wildman–Crippen LogP) is 15.5. The Hall–Kier alpha value is -8.21. The van der Waals surface area contributed by atoms with Gasteiger partial charge in [0.2, 0.25) is 0 Å². The highest BCUT2D eigenvalue weighted by atomic mass is 15.0. The molecule has 1 aliphatic carbocycles. The van der Waals surface area contributed by atoms with Gasteiger partial charge in [-0.3, -0.25) is 0 Å². The fourth-order valence-electron chi connectivity index (χ4n) is 11.1. The Morgan fingerprint density at radius 1 is 0.420 bits per heavy atom. The minimum Gasteiger partial charge on any atom is -0.398 e. The van der Waals surface area contributed by atoms with Crippen molar-refractivity contribution in [2.75, 3.05) is 5.73 Å². The molecule has 0 radical (unpaired) electrons. The summed E-state index contributed by atoms with van der Waals surface area (Å²) in [6, 6.07) is 80.0. The second-order valence-electron chi connectivity index (χ2n) is 19.3. The fraction of sp³-hybridized carbons (Fsp3) is 0.123. The SMILES string of the molecule is CC(C)(c1ccccc1N)c1ccccc1Cc1c(-c2ccccc2)cccc1-c1nc(-c2ccccc2)nc(-c2cccc(-c3ccccc3)c2C2c3ccccc3C(C)(C)c3ccccc32)n1. The average molecular weight is 891 g/mol. The van der Waals surface area contributed by atoms with E-state index in [1.54, 1.807) is 0 Å². The van der Waals surface area contributed by atoms with E-state index in [1.165, 1.54) is 38.9 Å². The van der Waals surface area contributed by atoms with Crippen LogP contribution < -0.4 is 5.73 Å². The second-order valence-corrected chi connectivity index (χ2v) is 19.3. The lowest BCUT2D eigenvalue weighted by Gasteiger charge is -2.40. The number of benzene rings is 9. The molecule has 0 saturated carbocycles. The molecule has 0 atom stereocenters. The standard InChI is InChI=1S/C65H54N4/c1-64(2,57-40-20-21-41-58(57)66)54-37-17-14-30-46(54)42-53-47(43-24-8-5-9-25-43)33-22-35-49(53)62-67-61(45-28-12-7-13-29-45)68-63(69-62)52-36-23-34-48(44-26-10-6-11-27-44)59(52)60-50-31-15-18-38-55(50)65(3,4)56-39-19-16-32-51(56)60/h5-41,60H,42,66H2,1-4H3. The van der Waals surface area contributed by atoms with Crippen molar-refractivity contribution in [3.63, 3.8) is 0 Å². The first-order chi connectivity index (χ1) is 33.7. The molecule has 334 valence electrons. The van der Waals surface area contributed by atoms with Gasteiger partial charge in [0.25, 0.3) is 0 Å². The van der Waals surface area contributed by atoms with Crippen LogP contribution in [0.3, 0.4) is 0 Å².